The van der Waals surface area contributed by atoms with E-state index < -0.39 is 30.0 Å². The van der Waals surface area contributed by atoms with Crippen LogP contribution in [-0.4, -0.2) is 81.9 Å². The number of aliphatic hydroxyl groups is 2. The summed E-state index contributed by atoms with van der Waals surface area (Å²) in [7, 11) is 0. The summed E-state index contributed by atoms with van der Waals surface area (Å²) in [6.45, 7) is 1.68. The van der Waals surface area contributed by atoms with E-state index >= 15 is 0 Å². The van der Waals surface area contributed by atoms with Crippen molar-refractivity contribution in [3.8, 4) is 0 Å². The zero-order chi connectivity index (χ0) is 20.5. The third kappa shape index (κ3) is 19.3. The summed E-state index contributed by atoms with van der Waals surface area (Å²) in [5.41, 5.74) is -0.308. The van der Waals surface area contributed by atoms with Crippen LogP contribution >= 0.6 is 0 Å². The van der Waals surface area contributed by atoms with E-state index in [9.17, 15) is 19.2 Å². The number of aliphatic carboxylic acids is 3. The van der Waals surface area contributed by atoms with Crippen molar-refractivity contribution < 1.29 is 54.2 Å². The topological polar surface area (TPSA) is 188 Å². The number of carbonyl (C=O) groups excluding carboxylic acids is 1. The Kier molecular flexibility index (Phi) is 15.4. The molecule has 0 amide bonds. The van der Waals surface area contributed by atoms with E-state index in [0.717, 1.165) is 6.08 Å². The first-order valence-electron chi connectivity index (χ1n) is 7.21. The number of hydrogen-bond donors (Lipinski definition) is 5. The molecule has 0 aliphatic carbocycles. The van der Waals surface area contributed by atoms with Gasteiger partial charge in [0.1, 0.15) is 6.61 Å². The molecule has 1 unspecified atom stereocenters. The molecule has 5 N–H and O–H groups in total. The Bertz CT molecular complexity index is 520. The van der Waals surface area contributed by atoms with Gasteiger partial charge in [0.15, 0.2) is 0 Å². The first-order chi connectivity index (χ1) is 12.1. The average Bonchev–Trinajstić information content (AvgIpc) is 2.51. The Hall–Kier alpha value is -2.76. The third-order valence-electron chi connectivity index (χ3n) is 2.16. The van der Waals surface area contributed by atoms with Crippen LogP contribution in [0.2, 0.25) is 0 Å². The molecule has 11 heteroatoms. The zero-order valence-corrected chi connectivity index (χ0v) is 14.0. The molecule has 0 aromatic rings. The lowest BCUT2D eigenvalue weighted by Crippen LogP contribution is -2.10. The van der Waals surface area contributed by atoms with Gasteiger partial charge in [0.25, 0.3) is 0 Å². The molecule has 0 aromatic carbocycles. The molecule has 0 heterocycles. The zero-order valence-electron chi connectivity index (χ0n) is 14.0. The Labute approximate surface area is 148 Å². The smallest absolute Gasteiger partial charge is 0.331 e. The van der Waals surface area contributed by atoms with Crippen molar-refractivity contribution >= 4 is 23.9 Å². The average molecular weight is 378 g/mol. The number of rotatable bonds is 11. The maximum atomic E-state index is 10.7. The van der Waals surface area contributed by atoms with Crippen LogP contribution < -0.4 is 0 Å². The fourth-order valence-electron chi connectivity index (χ4n) is 1.23. The number of esters is 1. The van der Waals surface area contributed by atoms with E-state index in [0.29, 0.717) is 12.2 Å². The molecule has 0 saturated carbocycles. The van der Waals surface area contributed by atoms with Gasteiger partial charge in [-0.1, -0.05) is 0 Å². The maximum Gasteiger partial charge on any atom is 0.331 e. The predicted octanol–water partition coefficient (Wildman–Crippen LogP) is -0.968. The van der Waals surface area contributed by atoms with Crippen LogP contribution in [0, 0.1) is 0 Å². The van der Waals surface area contributed by atoms with Crippen molar-refractivity contribution in [3.05, 3.63) is 23.8 Å². The van der Waals surface area contributed by atoms with Crippen molar-refractivity contribution in [1.29, 1.82) is 0 Å². The lowest BCUT2D eigenvalue weighted by molar-refractivity contribution is -0.140. The monoisotopic (exact) mass is 378 g/mol. The van der Waals surface area contributed by atoms with E-state index in [1.54, 1.807) is 0 Å². The summed E-state index contributed by atoms with van der Waals surface area (Å²) in [5.74, 6) is -4.59. The molecule has 0 saturated heterocycles. The van der Waals surface area contributed by atoms with Crippen molar-refractivity contribution in [3.63, 3.8) is 0 Å². The second-order valence-corrected chi connectivity index (χ2v) is 4.54. The van der Waals surface area contributed by atoms with Gasteiger partial charge in [-0.3, -0.25) is 0 Å². The fraction of sp³-hybridized carbons (Fsp3) is 0.467. The van der Waals surface area contributed by atoms with Gasteiger partial charge in [0.2, 0.25) is 0 Å². The van der Waals surface area contributed by atoms with E-state index in [-0.39, 0.29) is 38.4 Å². The molecule has 0 spiro atoms. The lowest BCUT2D eigenvalue weighted by Gasteiger charge is -2.02. The molecule has 0 rings (SSSR count). The largest absolute Gasteiger partial charge is 0.478 e. The van der Waals surface area contributed by atoms with E-state index in [2.05, 4.69) is 4.74 Å². The third-order valence-corrected chi connectivity index (χ3v) is 2.16. The highest BCUT2D eigenvalue weighted by molar-refractivity contribution is 5.94. The van der Waals surface area contributed by atoms with E-state index in [1.165, 1.54) is 6.92 Å². The summed E-state index contributed by atoms with van der Waals surface area (Å²) in [5, 5.41) is 41.9. The summed E-state index contributed by atoms with van der Waals surface area (Å²) in [6.07, 6.45) is 1.06. The minimum absolute atomic E-state index is 0.0305. The van der Waals surface area contributed by atoms with Crippen LogP contribution in [0.5, 0.6) is 0 Å². The van der Waals surface area contributed by atoms with Crippen LogP contribution in [0.15, 0.2) is 23.8 Å². The Morgan fingerprint density at radius 2 is 1.58 bits per heavy atom. The lowest BCUT2D eigenvalue weighted by atomic mass is 10.1. The molecule has 0 bridgehead atoms. The van der Waals surface area contributed by atoms with Crippen LogP contribution in [0.25, 0.3) is 0 Å². The van der Waals surface area contributed by atoms with Gasteiger partial charge in [0.05, 0.1) is 25.9 Å². The fourth-order valence-corrected chi connectivity index (χ4v) is 1.23. The Morgan fingerprint density at radius 3 is 2.00 bits per heavy atom. The van der Waals surface area contributed by atoms with Gasteiger partial charge < -0.3 is 35.0 Å². The summed E-state index contributed by atoms with van der Waals surface area (Å²) < 4.78 is 9.33. The number of carbonyl (C=O) groups is 4. The standard InChI is InChI=1S/C8H12O6.C7H10O5/c9-3-4-13-5-6-14-8(12)2-1-7(10)11;1-4(8)2-5(7(11)12)3-6(9)10/h1-2,9H,3-6H2,(H,10,11);3-4,8H,2H2,1H3,(H,9,10)(H,11,12)/b2-1-;5-3-. The van der Waals surface area contributed by atoms with Crippen LogP contribution in [0.3, 0.4) is 0 Å². The van der Waals surface area contributed by atoms with E-state index in [4.69, 9.17) is 30.3 Å². The van der Waals surface area contributed by atoms with Crippen molar-refractivity contribution in [2.75, 3.05) is 26.4 Å². The summed E-state index contributed by atoms with van der Waals surface area (Å²) in [4.78, 5) is 41.1. The van der Waals surface area contributed by atoms with Gasteiger partial charge >= 0.3 is 23.9 Å². The highest BCUT2D eigenvalue weighted by atomic mass is 16.6. The van der Waals surface area contributed by atoms with Gasteiger partial charge in [-0.05, 0) is 6.92 Å². The molecular weight excluding hydrogens is 356 g/mol. The first-order valence-corrected chi connectivity index (χ1v) is 7.21. The summed E-state index contributed by atoms with van der Waals surface area (Å²) >= 11 is 0. The van der Waals surface area contributed by atoms with Crippen LogP contribution in [0.1, 0.15) is 13.3 Å². The molecule has 0 radical (unpaired) electrons. The Morgan fingerprint density at radius 1 is 0.962 bits per heavy atom. The van der Waals surface area contributed by atoms with E-state index in [1.807, 2.05) is 0 Å². The minimum Gasteiger partial charge on any atom is -0.478 e. The maximum absolute atomic E-state index is 10.7. The molecule has 0 aliphatic rings. The van der Waals surface area contributed by atoms with Gasteiger partial charge in [-0.15, -0.1) is 0 Å². The molecule has 1 atom stereocenters. The molecule has 0 fully saturated rings. The van der Waals surface area contributed by atoms with Crippen LogP contribution in [-0.2, 0) is 28.7 Å². The van der Waals surface area contributed by atoms with Crippen molar-refractivity contribution in [2.45, 2.75) is 19.4 Å². The second-order valence-electron chi connectivity index (χ2n) is 4.54. The van der Waals surface area contributed by atoms with Gasteiger partial charge in [0, 0.05) is 30.2 Å². The summed E-state index contributed by atoms with van der Waals surface area (Å²) in [6, 6.07) is 0. The van der Waals surface area contributed by atoms with Crippen molar-refractivity contribution in [2.24, 2.45) is 0 Å². The number of aliphatic hydroxyl groups excluding tert-OH is 2. The Balaban J connectivity index is 0. The van der Waals surface area contributed by atoms with Gasteiger partial charge in [-0.2, -0.15) is 0 Å². The highest BCUT2D eigenvalue weighted by Crippen LogP contribution is 2.05. The number of carboxylic acids is 3. The predicted molar refractivity (Wildman–Crippen MR) is 85.3 cm³/mol. The molecular formula is C15H22O11. The first kappa shape index (κ1) is 25.5. The molecule has 11 nitrogen and oxygen atoms in total. The quantitative estimate of drug-likeness (QED) is 0.169. The normalized spacial score (nSPS) is 12.0. The minimum atomic E-state index is -1.33. The number of ether oxygens (including phenoxy) is 2. The second kappa shape index (κ2) is 15.7. The number of hydrogen-bond acceptors (Lipinski definition) is 8. The molecule has 26 heavy (non-hydrogen) atoms. The SMILES string of the molecule is CC(O)C/C(=C/C(=O)O)C(=O)O.O=C(O)/C=C\C(=O)OCCOCCO. The highest BCUT2D eigenvalue weighted by Gasteiger charge is 2.11. The van der Waals surface area contributed by atoms with Crippen molar-refractivity contribution in [1.82, 2.24) is 0 Å². The number of carboxylic acid groups (broad SMARTS) is 3. The molecule has 0 aromatic heterocycles. The molecule has 0 aliphatic heterocycles. The van der Waals surface area contributed by atoms with Gasteiger partial charge in [-0.25, -0.2) is 19.2 Å². The molecule has 148 valence electrons. The van der Waals surface area contributed by atoms with Crippen LogP contribution in [0.4, 0.5) is 0 Å².